The van der Waals surface area contributed by atoms with Crippen molar-refractivity contribution in [2.24, 2.45) is 0 Å². The molecule has 2 aromatic carbocycles. The lowest BCUT2D eigenvalue weighted by atomic mass is 10.3. The van der Waals surface area contributed by atoms with Gasteiger partial charge in [0.15, 0.2) is 0 Å². The van der Waals surface area contributed by atoms with Gasteiger partial charge in [0.1, 0.15) is 5.82 Å². The van der Waals surface area contributed by atoms with Crippen LogP contribution in [0, 0.1) is 5.82 Å². The number of fused-ring (bicyclic) bond motifs is 1. The third kappa shape index (κ3) is 1.46. The standard InChI is InChI=1S/C13H9FN2/c14-11-5-7-12(8-6-11)16-9-10-3-1-2-4-13(10)15-16/h1-9H. The van der Waals surface area contributed by atoms with Crippen LogP contribution in [0.4, 0.5) is 4.39 Å². The van der Waals surface area contributed by atoms with Gasteiger partial charge in [-0.15, -0.1) is 0 Å². The maximum atomic E-state index is 12.8. The third-order valence-electron chi connectivity index (χ3n) is 2.50. The molecular formula is C13H9FN2. The highest BCUT2D eigenvalue weighted by Crippen LogP contribution is 2.15. The summed E-state index contributed by atoms with van der Waals surface area (Å²) < 4.78 is 14.5. The van der Waals surface area contributed by atoms with Crippen molar-refractivity contribution in [3.05, 3.63) is 60.5 Å². The van der Waals surface area contributed by atoms with Crippen LogP contribution < -0.4 is 0 Å². The predicted molar refractivity (Wildman–Crippen MR) is 61.0 cm³/mol. The van der Waals surface area contributed by atoms with Crippen LogP contribution in [0.1, 0.15) is 0 Å². The zero-order valence-corrected chi connectivity index (χ0v) is 8.47. The van der Waals surface area contributed by atoms with Gasteiger partial charge in [-0.05, 0) is 30.3 Å². The Morgan fingerprint density at radius 2 is 1.69 bits per heavy atom. The molecule has 0 spiro atoms. The van der Waals surface area contributed by atoms with Crippen LogP contribution in [0.3, 0.4) is 0 Å². The monoisotopic (exact) mass is 212 g/mol. The largest absolute Gasteiger partial charge is 0.240 e. The Morgan fingerprint density at radius 1 is 0.938 bits per heavy atom. The molecule has 0 N–H and O–H groups in total. The van der Waals surface area contributed by atoms with Gasteiger partial charge in [0.05, 0.1) is 11.2 Å². The van der Waals surface area contributed by atoms with Crippen molar-refractivity contribution in [3.8, 4) is 5.69 Å². The first-order chi connectivity index (χ1) is 7.83. The molecule has 0 fully saturated rings. The van der Waals surface area contributed by atoms with Crippen LogP contribution in [0.5, 0.6) is 0 Å². The molecule has 1 aromatic heterocycles. The van der Waals surface area contributed by atoms with E-state index in [1.54, 1.807) is 16.8 Å². The van der Waals surface area contributed by atoms with Crippen molar-refractivity contribution in [3.63, 3.8) is 0 Å². The smallest absolute Gasteiger partial charge is 0.123 e. The summed E-state index contributed by atoms with van der Waals surface area (Å²) in [5.74, 6) is -0.236. The number of hydrogen-bond acceptors (Lipinski definition) is 1. The highest BCUT2D eigenvalue weighted by molar-refractivity contribution is 5.78. The lowest BCUT2D eigenvalue weighted by Gasteiger charge is -1.99. The average Bonchev–Trinajstić information content (AvgIpc) is 2.73. The normalized spacial score (nSPS) is 10.8. The van der Waals surface area contributed by atoms with Crippen LogP contribution in [0.2, 0.25) is 0 Å². The SMILES string of the molecule is Fc1ccc(-n2cc3ccccc3n2)cc1. The van der Waals surface area contributed by atoms with Crippen LogP contribution in [0.25, 0.3) is 16.6 Å². The van der Waals surface area contributed by atoms with Gasteiger partial charge in [0.25, 0.3) is 0 Å². The number of rotatable bonds is 1. The van der Waals surface area contributed by atoms with Crippen molar-refractivity contribution in [2.45, 2.75) is 0 Å². The van der Waals surface area contributed by atoms with Gasteiger partial charge in [-0.2, -0.15) is 5.10 Å². The first kappa shape index (κ1) is 9.09. The molecule has 0 aliphatic carbocycles. The summed E-state index contributed by atoms with van der Waals surface area (Å²) >= 11 is 0. The summed E-state index contributed by atoms with van der Waals surface area (Å²) in [6.45, 7) is 0. The molecule has 16 heavy (non-hydrogen) atoms. The second-order valence-corrected chi connectivity index (χ2v) is 3.61. The Labute approximate surface area is 91.9 Å². The minimum Gasteiger partial charge on any atom is -0.240 e. The minimum absolute atomic E-state index is 0.236. The number of hydrogen-bond donors (Lipinski definition) is 0. The van der Waals surface area contributed by atoms with E-state index in [9.17, 15) is 4.39 Å². The van der Waals surface area contributed by atoms with E-state index in [-0.39, 0.29) is 5.82 Å². The molecule has 0 saturated carbocycles. The molecule has 0 aliphatic rings. The molecule has 0 amide bonds. The van der Waals surface area contributed by atoms with E-state index in [1.807, 2.05) is 30.5 Å². The molecule has 0 atom stereocenters. The molecule has 2 nitrogen and oxygen atoms in total. The summed E-state index contributed by atoms with van der Waals surface area (Å²) in [6.07, 6.45) is 1.93. The van der Waals surface area contributed by atoms with E-state index in [0.717, 1.165) is 16.6 Å². The van der Waals surface area contributed by atoms with Crippen molar-refractivity contribution in [1.29, 1.82) is 0 Å². The lowest BCUT2D eigenvalue weighted by Crippen LogP contribution is -1.93. The van der Waals surface area contributed by atoms with Gasteiger partial charge in [-0.1, -0.05) is 18.2 Å². The summed E-state index contributed by atoms with van der Waals surface area (Å²) in [5, 5.41) is 5.48. The van der Waals surface area contributed by atoms with E-state index in [2.05, 4.69) is 5.10 Å². The zero-order valence-electron chi connectivity index (χ0n) is 8.47. The van der Waals surface area contributed by atoms with Crippen molar-refractivity contribution in [1.82, 2.24) is 9.78 Å². The van der Waals surface area contributed by atoms with Crippen LogP contribution in [-0.4, -0.2) is 9.78 Å². The molecule has 0 aliphatic heterocycles. The summed E-state index contributed by atoms with van der Waals surface area (Å²) in [4.78, 5) is 0. The minimum atomic E-state index is -0.236. The fourth-order valence-corrected chi connectivity index (χ4v) is 1.69. The first-order valence-corrected chi connectivity index (χ1v) is 5.03. The highest BCUT2D eigenvalue weighted by atomic mass is 19.1. The van der Waals surface area contributed by atoms with Gasteiger partial charge in [0, 0.05) is 11.6 Å². The quantitative estimate of drug-likeness (QED) is 0.605. The van der Waals surface area contributed by atoms with Gasteiger partial charge < -0.3 is 0 Å². The van der Waals surface area contributed by atoms with E-state index >= 15 is 0 Å². The zero-order chi connectivity index (χ0) is 11.0. The molecule has 0 bridgehead atoms. The van der Waals surface area contributed by atoms with E-state index < -0.39 is 0 Å². The van der Waals surface area contributed by atoms with E-state index in [4.69, 9.17) is 0 Å². The Morgan fingerprint density at radius 3 is 2.44 bits per heavy atom. The van der Waals surface area contributed by atoms with E-state index in [0.29, 0.717) is 0 Å². The Balaban J connectivity index is 2.15. The topological polar surface area (TPSA) is 17.8 Å². The molecule has 0 unspecified atom stereocenters. The number of halogens is 1. The molecule has 0 radical (unpaired) electrons. The van der Waals surface area contributed by atoms with Crippen molar-refractivity contribution < 1.29 is 4.39 Å². The first-order valence-electron chi connectivity index (χ1n) is 5.03. The second-order valence-electron chi connectivity index (χ2n) is 3.61. The second kappa shape index (κ2) is 3.45. The number of aromatic nitrogens is 2. The van der Waals surface area contributed by atoms with Crippen LogP contribution in [0.15, 0.2) is 54.7 Å². The molecule has 78 valence electrons. The average molecular weight is 212 g/mol. The summed E-state index contributed by atoms with van der Waals surface area (Å²) in [5.41, 5.74) is 1.80. The van der Waals surface area contributed by atoms with Gasteiger partial charge >= 0.3 is 0 Å². The molecule has 1 heterocycles. The third-order valence-corrected chi connectivity index (χ3v) is 2.50. The lowest BCUT2D eigenvalue weighted by molar-refractivity contribution is 0.627. The highest BCUT2D eigenvalue weighted by Gasteiger charge is 2.01. The molecule has 0 saturated heterocycles. The maximum Gasteiger partial charge on any atom is 0.123 e. The Hall–Kier alpha value is -2.16. The summed E-state index contributed by atoms with van der Waals surface area (Å²) in [7, 11) is 0. The summed E-state index contributed by atoms with van der Waals surface area (Å²) in [6, 6.07) is 14.2. The van der Waals surface area contributed by atoms with Gasteiger partial charge in [-0.25, -0.2) is 9.07 Å². The fourth-order valence-electron chi connectivity index (χ4n) is 1.69. The van der Waals surface area contributed by atoms with E-state index in [1.165, 1.54) is 12.1 Å². The molecular weight excluding hydrogens is 203 g/mol. The van der Waals surface area contributed by atoms with Crippen LogP contribution >= 0.6 is 0 Å². The molecule has 3 rings (SSSR count). The van der Waals surface area contributed by atoms with Gasteiger partial charge in [-0.3, -0.25) is 0 Å². The van der Waals surface area contributed by atoms with Gasteiger partial charge in [0.2, 0.25) is 0 Å². The molecule has 3 heteroatoms. The number of nitrogens with zero attached hydrogens (tertiary/aromatic N) is 2. The number of benzene rings is 2. The Kier molecular flexibility index (Phi) is 1.96. The Bertz CT molecular complexity index is 593. The van der Waals surface area contributed by atoms with Crippen molar-refractivity contribution in [2.75, 3.05) is 0 Å². The van der Waals surface area contributed by atoms with Crippen LogP contribution in [-0.2, 0) is 0 Å². The fraction of sp³-hybridized carbons (Fsp3) is 0. The predicted octanol–water partition coefficient (Wildman–Crippen LogP) is 3.16. The van der Waals surface area contributed by atoms with Crippen molar-refractivity contribution >= 4 is 10.9 Å². The molecule has 3 aromatic rings. The maximum absolute atomic E-state index is 12.8.